The minimum Gasteiger partial charge on any atom is -0.450 e. The molecular formula is C26H32FN3O2. The number of anilines is 1. The molecule has 1 amide bonds. The van der Waals surface area contributed by atoms with Crippen molar-refractivity contribution in [2.75, 3.05) is 18.5 Å². The van der Waals surface area contributed by atoms with Gasteiger partial charge in [0.05, 0.1) is 6.61 Å². The second-order valence-electron chi connectivity index (χ2n) is 8.96. The molecule has 0 saturated heterocycles. The molecule has 5 nitrogen and oxygen atoms in total. The van der Waals surface area contributed by atoms with Gasteiger partial charge in [-0.3, -0.25) is 5.32 Å². The van der Waals surface area contributed by atoms with Crippen LogP contribution in [-0.2, 0) is 24.1 Å². The quantitative estimate of drug-likeness (QED) is 0.513. The molecule has 0 radical (unpaired) electrons. The summed E-state index contributed by atoms with van der Waals surface area (Å²) in [6.45, 7) is 8.18. The van der Waals surface area contributed by atoms with Crippen LogP contribution in [0.15, 0.2) is 42.5 Å². The minimum atomic E-state index is -0.448. The average Bonchev–Trinajstić information content (AvgIpc) is 3.05. The van der Waals surface area contributed by atoms with Crippen molar-refractivity contribution in [3.05, 3.63) is 65.1 Å². The number of ether oxygens (including phenoxy) is 1. The topological polar surface area (TPSA) is 55.3 Å². The van der Waals surface area contributed by atoms with E-state index < -0.39 is 6.09 Å². The van der Waals surface area contributed by atoms with Crippen LogP contribution in [0.2, 0.25) is 0 Å². The Bertz CT molecular complexity index is 1110. The molecule has 6 heteroatoms. The summed E-state index contributed by atoms with van der Waals surface area (Å²) in [5.74, 6) is 0.387. The van der Waals surface area contributed by atoms with E-state index in [1.165, 1.54) is 17.3 Å². The van der Waals surface area contributed by atoms with Crippen LogP contribution in [0.3, 0.4) is 0 Å². The number of carbonyl (C=O) groups is 1. The number of aromatic nitrogens is 1. The maximum atomic E-state index is 13.8. The standard InChI is InChI=1S/C26H32FN3O2/c1-4-32-26(31)29-21-9-11-25-23(14-21)22-13-20(28-15-17(2)3)8-10-24(22)30(25)16-18-6-5-7-19(27)12-18/h5-7,9,11-12,14,17,20,28H,4,8,10,13,15-16H2,1-3H3,(H,29,31)/t20-/m1/s1. The molecule has 2 N–H and O–H groups in total. The molecule has 4 rings (SSSR count). The maximum absolute atomic E-state index is 13.8. The highest BCUT2D eigenvalue weighted by Gasteiger charge is 2.26. The van der Waals surface area contributed by atoms with Crippen molar-refractivity contribution in [1.82, 2.24) is 9.88 Å². The van der Waals surface area contributed by atoms with Gasteiger partial charge in [0.2, 0.25) is 0 Å². The van der Waals surface area contributed by atoms with Gasteiger partial charge in [0, 0.05) is 34.9 Å². The number of rotatable bonds is 7. The largest absolute Gasteiger partial charge is 0.450 e. The first-order valence-electron chi connectivity index (χ1n) is 11.5. The van der Waals surface area contributed by atoms with Crippen molar-refractivity contribution in [2.45, 2.75) is 52.6 Å². The van der Waals surface area contributed by atoms with Gasteiger partial charge in [0.15, 0.2) is 0 Å². The Hall–Kier alpha value is -2.86. The highest BCUT2D eigenvalue weighted by molar-refractivity contribution is 5.93. The summed E-state index contributed by atoms with van der Waals surface area (Å²) in [5, 5.41) is 7.67. The Morgan fingerprint density at radius 3 is 2.84 bits per heavy atom. The van der Waals surface area contributed by atoms with Gasteiger partial charge >= 0.3 is 6.09 Å². The lowest BCUT2D eigenvalue weighted by Gasteiger charge is -2.26. The predicted octanol–water partition coefficient (Wildman–Crippen LogP) is 5.50. The molecule has 3 aromatic rings. The van der Waals surface area contributed by atoms with Crippen LogP contribution in [0.1, 0.15) is 44.0 Å². The molecule has 0 unspecified atom stereocenters. The van der Waals surface area contributed by atoms with Crippen LogP contribution in [0.5, 0.6) is 0 Å². The Kier molecular flexibility index (Phi) is 6.80. The summed E-state index contributed by atoms with van der Waals surface area (Å²) in [7, 11) is 0. The van der Waals surface area contributed by atoms with E-state index in [9.17, 15) is 9.18 Å². The smallest absolute Gasteiger partial charge is 0.411 e. The highest BCUT2D eigenvalue weighted by atomic mass is 19.1. The van der Waals surface area contributed by atoms with Gasteiger partial charge in [0.1, 0.15) is 5.82 Å². The number of hydrogen-bond acceptors (Lipinski definition) is 3. The second kappa shape index (κ2) is 9.74. The van der Waals surface area contributed by atoms with Crippen molar-refractivity contribution < 1.29 is 13.9 Å². The van der Waals surface area contributed by atoms with Crippen molar-refractivity contribution >= 4 is 22.7 Å². The number of fused-ring (bicyclic) bond motifs is 3. The van der Waals surface area contributed by atoms with Gasteiger partial charge < -0.3 is 14.6 Å². The zero-order valence-corrected chi connectivity index (χ0v) is 19.1. The molecule has 0 aliphatic heterocycles. The highest BCUT2D eigenvalue weighted by Crippen LogP contribution is 2.34. The first kappa shape index (κ1) is 22.3. The van der Waals surface area contributed by atoms with E-state index in [1.807, 2.05) is 24.3 Å². The van der Waals surface area contributed by atoms with Crippen LogP contribution in [-0.4, -0.2) is 29.9 Å². The molecule has 0 fully saturated rings. The third-order valence-electron chi connectivity index (χ3n) is 6.03. The fourth-order valence-corrected chi connectivity index (χ4v) is 4.59. The van der Waals surface area contributed by atoms with Gasteiger partial charge in [-0.2, -0.15) is 0 Å². The third kappa shape index (κ3) is 4.96. The Morgan fingerprint density at radius 1 is 1.25 bits per heavy atom. The molecule has 170 valence electrons. The molecule has 0 saturated carbocycles. The van der Waals surface area contributed by atoms with E-state index in [-0.39, 0.29) is 5.82 Å². The monoisotopic (exact) mass is 437 g/mol. The van der Waals surface area contributed by atoms with E-state index in [1.54, 1.807) is 19.1 Å². The Labute approximate surface area is 189 Å². The lowest BCUT2D eigenvalue weighted by molar-refractivity contribution is 0.168. The number of halogens is 1. The van der Waals surface area contributed by atoms with Crippen molar-refractivity contribution in [2.24, 2.45) is 5.92 Å². The third-order valence-corrected chi connectivity index (χ3v) is 6.03. The van der Waals surface area contributed by atoms with Crippen LogP contribution in [0.4, 0.5) is 14.9 Å². The summed E-state index contributed by atoms with van der Waals surface area (Å²) in [5.41, 5.74) is 5.40. The molecule has 1 aromatic heterocycles. The molecule has 0 bridgehead atoms. The van der Waals surface area contributed by atoms with Gasteiger partial charge in [-0.15, -0.1) is 0 Å². The number of nitrogens with one attached hydrogen (secondary N) is 2. The first-order chi connectivity index (χ1) is 15.4. The summed E-state index contributed by atoms with van der Waals surface area (Å²) in [6, 6.07) is 13.2. The van der Waals surface area contributed by atoms with Crippen LogP contribution >= 0.6 is 0 Å². The van der Waals surface area contributed by atoms with E-state index in [0.29, 0.717) is 25.1 Å². The minimum absolute atomic E-state index is 0.216. The first-order valence-corrected chi connectivity index (χ1v) is 11.5. The van der Waals surface area contributed by atoms with Gasteiger partial charge in [-0.25, -0.2) is 9.18 Å². The molecule has 1 atom stereocenters. The number of carbonyl (C=O) groups excluding carboxylic acids is 1. The number of hydrogen-bond donors (Lipinski definition) is 2. The van der Waals surface area contributed by atoms with Gasteiger partial charge in [-0.1, -0.05) is 26.0 Å². The van der Waals surface area contributed by atoms with Crippen molar-refractivity contribution in [3.8, 4) is 0 Å². The summed E-state index contributed by atoms with van der Waals surface area (Å²) in [4.78, 5) is 11.9. The zero-order valence-electron chi connectivity index (χ0n) is 19.1. The second-order valence-corrected chi connectivity index (χ2v) is 8.96. The Balaban J connectivity index is 1.72. The van der Waals surface area contributed by atoms with E-state index in [0.717, 1.165) is 48.0 Å². The zero-order chi connectivity index (χ0) is 22.7. The van der Waals surface area contributed by atoms with Crippen LogP contribution in [0, 0.1) is 11.7 Å². The van der Waals surface area contributed by atoms with Crippen LogP contribution < -0.4 is 10.6 Å². The average molecular weight is 438 g/mol. The Morgan fingerprint density at radius 2 is 2.09 bits per heavy atom. The van der Waals surface area contributed by atoms with Crippen molar-refractivity contribution in [3.63, 3.8) is 0 Å². The SMILES string of the molecule is CCOC(=O)Nc1ccc2c(c1)c1c(n2Cc2cccc(F)c2)CC[C@@H](NCC(C)C)C1. The van der Waals surface area contributed by atoms with Crippen molar-refractivity contribution in [1.29, 1.82) is 0 Å². The molecule has 1 aliphatic rings. The normalized spacial score (nSPS) is 15.7. The van der Waals surface area contributed by atoms with E-state index >= 15 is 0 Å². The fourth-order valence-electron chi connectivity index (χ4n) is 4.59. The lowest BCUT2D eigenvalue weighted by Crippen LogP contribution is -2.36. The van der Waals surface area contributed by atoms with Gasteiger partial charge in [0.25, 0.3) is 0 Å². The number of benzene rings is 2. The van der Waals surface area contributed by atoms with E-state index in [2.05, 4.69) is 29.0 Å². The number of nitrogens with zero attached hydrogens (tertiary/aromatic N) is 1. The van der Waals surface area contributed by atoms with Gasteiger partial charge in [-0.05, 0) is 80.1 Å². The summed E-state index contributed by atoms with van der Waals surface area (Å²) in [6.07, 6.45) is 2.54. The number of amides is 1. The lowest BCUT2D eigenvalue weighted by atomic mass is 9.91. The molecule has 1 aliphatic carbocycles. The fraction of sp³-hybridized carbons (Fsp3) is 0.423. The molecule has 32 heavy (non-hydrogen) atoms. The molecule has 2 aromatic carbocycles. The maximum Gasteiger partial charge on any atom is 0.411 e. The molecule has 0 spiro atoms. The predicted molar refractivity (Wildman–Crippen MR) is 127 cm³/mol. The summed E-state index contributed by atoms with van der Waals surface area (Å²) >= 11 is 0. The van der Waals surface area contributed by atoms with E-state index in [4.69, 9.17) is 4.74 Å². The summed E-state index contributed by atoms with van der Waals surface area (Å²) < 4.78 is 21.2. The molecule has 1 heterocycles. The van der Waals surface area contributed by atoms with Crippen LogP contribution in [0.25, 0.3) is 10.9 Å². The molecular weight excluding hydrogens is 405 g/mol.